The SMILES string of the molecule is CCC(C)(N)c1noc(-c2cnn(-c3ccccc3)c2)n1. The fourth-order valence-electron chi connectivity index (χ4n) is 1.89. The van der Waals surface area contributed by atoms with Crippen molar-refractivity contribution in [2.75, 3.05) is 0 Å². The number of nitrogens with zero attached hydrogens (tertiary/aromatic N) is 4. The Morgan fingerprint density at radius 2 is 2.05 bits per heavy atom. The van der Waals surface area contributed by atoms with Gasteiger partial charge in [-0.15, -0.1) is 0 Å². The number of aromatic nitrogens is 4. The molecular formula is C15H17N5O. The Morgan fingerprint density at radius 1 is 1.29 bits per heavy atom. The van der Waals surface area contributed by atoms with E-state index in [1.165, 1.54) is 0 Å². The number of rotatable bonds is 4. The lowest BCUT2D eigenvalue weighted by Gasteiger charge is -2.16. The number of benzene rings is 1. The molecule has 2 N–H and O–H groups in total. The minimum absolute atomic E-state index is 0.428. The summed E-state index contributed by atoms with van der Waals surface area (Å²) in [5.74, 6) is 0.935. The third kappa shape index (κ3) is 2.57. The summed E-state index contributed by atoms with van der Waals surface area (Å²) in [6.07, 6.45) is 4.28. The highest BCUT2D eigenvalue weighted by Gasteiger charge is 2.25. The fourth-order valence-corrected chi connectivity index (χ4v) is 1.89. The van der Waals surface area contributed by atoms with Gasteiger partial charge in [0.05, 0.1) is 23.0 Å². The zero-order chi connectivity index (χ0) is 14.9. The molecule has 21 heavy (non-hydrogen) atoms. The number of hydrogen-bond acceptors (Lipinski definition) is 5. The Hall–Kier alpha value is -2.47. The standard InChI is InChI=1S/C15H17N5O/c1-3-15(2,16)14-18-13(21-19-14)11-9-17-20(10-11)12-7-5-4-6-8-12/h4-10H,3,16H2,1-2H3. The van der Waals surface area contributed by atoms with Gasteiger partial charge >= 0.3 is 0 Å². The van der Waals surface area contributed by atoms with Gasteiger partial charge in [-0.25, -0.2) is 4.68 Å². The predicted molar refractivity (Wildman–Crippen MR) is 78.7 cm³/mol. The molecule has 1 atom stereocenters. The van der Waals surface area contributed by atoms with Gasteiger partial charge in [0.1, 0.15) is 0 Å². The smallest absolute Gasteiger partial charge is 0.261 e. The fraction of sp³-hybridized carbons (Fsp3) is 0.267. The monoisotopic (exact) mass is 283 g/mol. The molecule has 0 aliphatic heterocycles. The first-order valence-corrected chi connectivity index (χ1v) is 6.83. The molecule has 0 radical (unpaired) electrons. The topological polar surface area (TPSA) is 82.8 Å². The molecule has 0 saturated carbocycles. The summed E-state index contributed by atoms with van der Waals surface area (Å²) in [5, 5.41) is 8.28. The van der Waals surface area contributed by atoms with E-state index < -0.39 is 5.54 Å². The van der Waals surface area contributed by atoms with E-state index in [1.807, 2.05) is 50.4 Å². The van der Waals surface area contributed by atoms with Crippen LogP contribution >= 0.6 is 0 Å². The van der Waals surface area contributed by atoms with Gasteiger partial charge in [-0.3, -0.25) is 0 Å². The molecule has 1 unspecified atom stereocenters. The molecule has 0 spiro atoms. The highest BCUT2D eigenvalue weighted by Crippen LogP contribution is 2.23. The molecule has 6 nitrogen and oxygen atoms in total. The van der Waals surface area contributed by atoms with Crippen LogP contribution in [0.15, 0.2) is 47.2 Å². The van der Waals surface area contributed by atoms with E-state index in [0.717, 1.165) is 17.7 Å². The van der Waals surface area contributed by atoms with Crippen molar-refractivity contribution in [1.29, 1.82) is 0 Å². The molecular weight excluding hydrogens is 266 g/mol. The molecule has 0 fully saturated rings. The molecule has 1 aromatic carbocycles. The van der Waals surface area contributed by atoms with Crippen LogP contribution in [0.3, 0.4) is 0 Å². The van der Waals surface area contributed by atoms with Gasteiger partial charge in [0.15, 0.2) is 5.82 Å². The minimum Gasteiger partial charge on any atom is -0.334 e. The third-order valence-corrected chi connectivity index (χ3v) is 3.52. The normalized spacial score (nSPS) is 14.0. The molecule has 0 aliphatic carbocycles. The lowest BCUT2D eigenvalue weighted by molar-refractivity contribution is 0.379. The van der Waals surface area contributed by atoms with E-state index in [1.54, 1.807) is 10.9 Å². The van der Waals surface area contributed by atoms with Crippen molar-refractivity contribution in [2.45, 2.75) is 25.8 Å². The van der Waals surface area contributed by atoms with Crippen LogP contribution in [0.25, 0.3) is 17.1 Å². The average molecular weight is 283 g/mol. The summed E-state index contributed by atoms with van der Waals surface area (Å²) < 4.78 is 7.06. The maximum atomic E-state index is 6.12. The van der Waals surface area contributed by atoms with Crippen LogP contribution in [0.2, 0.25) is 0 Å². The van der Waals surface area contributed by atoms with Crippen LogP contribution in [0, 0.1) is 0 Å². The lowest BCUT2D eigenvalue weighted by atomic mass is 10.0. The van der Waals surface area contributed by atoms with E-state index in [4.69, 9.17) is 10.3 Å². The lowest BCUT2D eigenvalue weighted by Crippen LogP contribution is -2.33. The van der Waals surface area contributed by atoms with E-state index in [2.05, 4.69) is 15.2 Å². The molecule has 0 bridgehead atoms. The Morgan fingerprint density at radius 3 is 2.76 bits per heavy atom. The Bertz CT molecular complexity index is 729. The van der Waals surface area contributed by atoms with Crippen LogP contribution in [-0.2, 0) is 5.54 Å². The third-order valence-electron chi connectivity index (χ3n) is 3.52. The first kappa shape index (κ1) is 13.5. The Balaban J connectivity index is 1.91. The van der Waals surface area contributed by atoms with E-state index in [9.17, 15) is 0 Å². The average Bonchev–Trinajstić information content (AvgIpc) is 3.17. The second kappa shape index (κ2) is 5.14. The summed E-state index contributed by atoms with van der Waals surface area (Å²) in [7, 11) is 0. The van der Waals surface area contributed by atoms with Gasteiger partial charge in [-0.1, -0.05) is 30.3 Å². The number of para-hydroxylation sites is 1. The first-order valence-electron chi connectivity index (χ1n) is 6.83. The molecule has 0 aliphatic rings. The van der Waals surface area contributed by atoms with E-state index in [0.29, 0.717) is 11.7 Å². The molecule has 0 amide bonds. The summed E-state index contributed by atoms with van der Waals surface area (Å²) in [4.78, 5) is 4.37. The van der Waals surface area contributed by atoms with Gasteiger partial charge < -0.3 is 10.3 Å². The van der Waals surface area contributed by atoms with Crippen LogP contribution in [0.1, 0.15) is 26.1 Å². The zero-order valence-corrected chi connectivity index (χ0v) is 12.0. The van der Waals surface area contributed by atoms with Gasteiger partial charge in [0.25, 0.3) is 5.89 Å². The van der Waals surface area contributed by atoms with E-state index >= 15 is 0 Å². The maximum Gasteiger partial charge on any atom is 0.261 e. The quantitative estimate of drug-likeness (QED) is 0.795. The second-order valence-corrected chi connectivity index (χ2v) is 5.20. The summed E-state index contributed by atoms with van der Waals surface area (Å²) in [6, 6.07) is 9.84. The number of hydrogen-bond donors (Lipinski definition) is 1. The highest BCUT2D eigenvalue weighted by atomic mass is 16.5. The van der Waals surface area contributed by atoms with E-state index in [-0.39, 0.29) is 0 Å². The van der Waals surface area contributed by atoms with Crippen molar-refractivity contribution in [1.82, 2.24) is 19.9 Å². The van der Waals surface area contributed by atoms with Gasteiger partial charge in [-0.2, -0.15) is 10.1 Å². The van der Waals surface area contributed by atoms with Crippen LogP contribution in [0.5, 0.6) is 0 Å². The molecule has 2 heterocycles. The molecule has 2 aromatic heterocycles. The highest BCUT2D eigenvalue weighted by molar-refractivity contribution is 5.51. The second-order valence-electron chi connectivity index (χ2n) is 5.20. The van der Waals surface area contributed by atoms with Gasteiger partial charge in [-0.05, 0) is 25.5 Å². The van der Waals surface area contributed by atoms with Gasteiger partial charge in [0.2, 0.25) is 0 Å². The van der Waals surface area contributed by atoms with Crippen LogP contribution < -0.4 is 5.73 Å². The predicted octanol–water partition coefficient (Wildman–Crippen LogP) is 2.51. The van der Waals surface area contributed by atoms with Crippen molar-refractivity contribution in [3.05, 3.63) is 48.5 Å². The molecule has 108 valence electrons. The zero-order valence-electron chi connectivity index (χ0n) is 12.0. The summed E-state index contributed by atoms with van der Waals surface area (Å²) >= 11 is 0. The Kier molecular flexibility index (Phi) is 3.31. The van der Waals surface area contributed by atoms with Crippen molar-refractivity contribution < 1.29 is 4.52 Å². The van der Waals surface area contributed by atoms with Crippen molar-refractivity contribution in [2.24, 2.45) is 5.73 Å². The molecule has 3 rings (SSSR count). The van der Waals surface area contributed by atoms with Crippen LogP contribution in [-0.4, -0.2) is 19.9 Å². The maximum absolute atomic E-state index is 6.12. The van der Waals surface area contributed by atoms with Gasteiger partial charge in [0, 0.05) is 6.20 Å². The van der Waals surface area contributed by atoms with Crippen molar-refractivity contribution >= 4 is 0 Å². The summed E-state index contributed by atoms with van der Waals surface area (Å²) in [5.41, 5.74) is 7.27. The molecule has 0 saturated heterocycles. The number of nitrogens with two attached hydrogens (primary N) is 1. The molecule has 3 aromatic rings. The summed E-state index contributed by atoms with van der Waals surface area (Å²) in [6.45, 7) is 3.87. The minimum atomic E-state index is -0.586. The molecule has 6 heteroatoms. The Labute approximate surface area is 122 Å². The van der Waals surface area contributed by atoms with Crippen LogP contribution in [0.4, 0.5) is 0 Å². The largest absolute Gasteiger partial charge is 0.334 e. The van der Waals surface area contributed by atoms with Crippen molar-refractivity contribution in [3.63, 3.8) is 0 Å². The van der Waals surface area contributed by atoms with Crippen molar-refractivity contribution in [3.8, 4) is 17.1 Å². The first-order chi connectivity index (χ1) is 10.1.